The molecular weight excluding hydrogens is 195 g/mol. The number of hydrogen-bond acceptors (Lipinski definition) is 2. The summed E-state index contributed by atoms with van der Waals surface area (Å²) in [4.78, 5) is 2.54. The Labute approximate surface area is 86.5 Å². The van der Waals surface area contributed by atoms with Gasteiger partial charge in [0.25, 0.3) is 0 Å². The molecule has 5 heteroatoms. The largest absolute Gasteiger partial charge is 0.326 e. The van der Waals surface area contributed by atoms with E-state index in [4.69, 9.17) is 11.3 Å². The van der Waals surface area contributed by atoms with Crippen LogP contribution in [0.25, 0.3) is 10.4 Å². The first kappa shape index (κ1) is 11.1. The van der Waals surface area contributed by atoms with E-state index in [9.17, 15) is 4.39 Å². The lowest BCUT2D eigenvalue weighted by molar-refractivity contribution is 0.610. The highest BCUT2D eigenvalue weighted by atomic mass is 19.1. The standard InChI is InChI=1S/C10H9FN4/c11-10-6-8(2-1-5-14-15-13)3-4-9(10)7-12/h3-4,6H,5,7,12H2. The van der Waals surface area contributed by atoms with Crippen molar-refractivity contribution in [1.29, 1.82) is 0 Å². The molecule has 1 aromatic carbocycles. The Morgan fingerprint density at radius 1 is 1.53 bits per heavy atom. The molecule has 2 N–H and O–H groups in total. The van der Waals surface area contributed by atoms with Crippen LogP contribution in [-0.4, -0.2) is 6.54 Å². The lowest BCUT2D eigenvalue weighted by Gasteiger charge is -1.98. The van der Waals surface area contributed by atoms with E-state index in [0.29, 0.717) is 11.1 Å². The molecule has 0 radical (unpaired) electrons. The van der Waals surface area contributed by atoms with E-state index in [0.717, 1.165) is 0 Å². The van der Waals surface area contributed by atoms with Gasteiger partial charge in [-0.3, -0.25) is 0 Å². The van der Waals surface area contributed by atoms with Crippen molar-refractivity contribution in [2.45, 2.75) is 6.54 Å². The summed E-state index contributed by atoms with van der Waals surface area (Å²) in [6.45, 7) is 0.245. The van der Waals surface area contributed by atoms with Crippen LogP contribution in [0, 0.1) is 17.7 Å². The zero-order valence-electron chi connectivity index (χ0n) is 7.94. The van der Waals surface area contributed by atoms with Gasteiger partial charge in [-0.15, -0.1) is 0 Å². The first-order valence-corrected chi connectivity index (χ1v) is 4.26. The SMILES string of the molecule is [N-]=[N+]=NCC#Cc1ccc(CN)c(F)c1. The minimum atomic E-state index is -0.368. The number of azide groups is 1. The smallest absolute Gasteiger partial charge is 0.128 e. The summed E-state index contributed by atoms with van der Waals surface area (Å²) in [7, 11) is 0. The maximum atomic E-state index is 13.2. The van der Waals surface area contributed by atoms with Crippen molar-refractivity contribution < 1.29 is 4.39 Å². The van der Waals surface area contributed by atoms with E-state index in [2.05, 4.69) is 21.9 Å². The van der Waals surface area contributed by atoms with Crippen LogP contribution in [0.5, 0.6) is 0 Å². The molecule has 76 valence electrons. The Morgan fingerprint density at radius 3 is 2.93 bits per heavy atom. The van der Waals surface area contributed by atoms with Crippen LogP contribution < -0.4 is 5.73 Å². The second-order valence-corrected chi connectivity index (χ2v) is 2.70. The summed E-state index contributed by atoms with van der Waals surface area (Å²) in [5.74, 6) is 4.91. The molecule has 0 amide bonds. The molecule has 15 heavy (non-hydrogen) atoms. The van der Waals surface area contributed by atoms with Crippen molar-refractivity contribution in [2.24, 2.45) is 10.8 Å². The maximum Gasteiger partial charge on any atom is 0.128 e. The first-order chi connectivity index (χ1) is 7.27. The third-order valence-corrected chi connectivity index (χ3v) is 1.72. The summed E-state index contributed by atoms with van der Waals surface area (Å²) >= 11 is 0. The lowest BCUT2D eigenvalue weighted by Crippen LogP contribution is -1.99. The van der Waals surface area contributed by atoms with Crippen molar-refractivity contribution in [3.8, 4) is 11.8 Å². The van der Waals surface area contributed by atoms with Gasteiger partial charge in [0.2, 0.25) is 0 Å². The highest BCUT2D eigenvalue weighted by Crippen LogP contribution is 2.08. The molecule has 0 aliphatic heterocycles. The Balaban J connectivity index is 2.82. The molecule has 0 saturated heterocycles. The van der Waals surface area contributed by atoms with Gasteiger partial charge < -0.3 is 5.73 Å². The van der Waals surface area contributed by atoms with Gasteiger partial charge in [-0.05, 0) is 17.7 Å². The second kappa shape index (κ2) is 5.66. The number of hydrogen-bond donors (Lipinski definition) is 1. The molecule has 0 spiro atoms. The molecule has 1 rings (SSSR count). The molecule has 0 fully saturated rings. The molecule has 0 aromatic heterocycles. The minimum Gasteiger partial charge on any atom is -0.326 e. The summed E-state index contributed by atoms with van der Waals surface area (Å²) in [5.41, 5.74) is 14.3. The monoisotopic (exact) mass is 204 g/mol. The molecule has 0 saturated carbocycles. The normalized spacial score (nSPS) is 8.67. The quantitative estimate of drug-likeness (QED) is 0.340. The van der Waals surface area contributed by atoms with Crippen LogP contribution >= 0.6 is 0 Å². The molecule has 0 aliphatic carbocycles. The van der Waals surface area contributed by atoms with Crippen LogP contribution in [0.15, 0.2) is 23.3 Å². The minimum absolute atomic E-state index is 0.0801. The van der Waals surface area contributed by atoms with Crippen molar-refractivity contribution in [3.63, 3.8) is 0 Å². The van der Waals surface area contributed by atoms with Gasteiger partial charge in [-0.2, -0.15) is 0 Å². The number of nitrogens with two attached hydrogens (primary N) is 1. The Bertz CT molecular complexity index is 452. The first-order valence-electron chi connectivity index (χ1n) is 4.26. The molecule has 0 unspecified atom stereocenters. The summed E-state index contributed by atoms with van der Waals surface area (Å²) in [5, 5.41) is 3.24. The maximum absolute atomic E-state index is 13.2. The third kappa shape index (κ3) is 3.31. The molecular formula is C10H9FN4. The van der Waals surface area contributed by atoms with E-state index in [1.54, 1.807) is 12.1 Å². The molecule has 0 atom stereocenters. The van der Waals surface area contributed by atoms with Gasteiger partial charge in [0.05, 0.1) is 6.54 Å². The predicted molar refractivity (Wildman–Crippen MR) is 55.2 cm³/mol. The average molecular weight is 204 g/mol. The van der Waals surface area contributed by atoms with Gasteiger partial charge in [0, 0.05) is 22.6 Å². The molecule has 0 aliphatic rings. The fraction of sp³-hybridized carbons (Fsp3) is 0.200. The Kier molecular flexibility index (Phi) is 4.17. The van der Waals surface area contributed by atoms with Crippen LogP contribution in [0.1, 0.15) is 11.1 Å². The van der Waals surface area contributed by atoms with Crippen molar-refractivity contribution in [1.82, 2.24) is 0 Å². The van der Waals surface area contributed by atoms with Crippen LogP contribution in [-0.2, 0) is 6.54 Å². The van der Waals surface area contributed by atoms with E-state index >= 15 is 0 Å². The number of rotatable bonds is 2. The lowest BCUT2D eigenvalue weighted by atomic mass is 10.1. The zero-order valence-corrected chi connectivity index (χ0v) is 7.94. The predicted octanol–water partition coefficient (Wildman–Crippen LogP) is 1.95. The van der Waals surface area contributed by atoms with Crippen LogP contribution in [0.3, 0.4) is 0 Å². The van der Waals surface area contributed by atoms with E-state index in [1.165, 1.54) is 6.07 Å². The van der Waals surface area contributed by atoms with Crippen molar-refractivity contribution in [3.05, 3.63) is 45.6 Å². The zero-order chi connectivity index (χ0) is 11.1. The van der Waals surface area contributed by atoms with Gasteiger partial charge in [-0.1, -0.05) is 23.0 Å². The molecule has 4 nitrogen and oxygen atoms in total. The average Bonchev–Trinajstić information content (AvgIpc) is 2.25. The second-order valence-electron chi connectivity index (χ2n) is 2.70. The van der Waals surface area contributed by atoms with E-state index in [-0.39, 0.29) is 18.9 Å². The van der Waals surface area contributed by atoms with Gasteiger partial charge in [-0.25, -0.2) is 4.39 Å². The van der Waals surface area contributed by atoms with Gasteiger partial charge >= 0.3 is 0 Å². The fourth-order valence-electron chi connectivity index (χ4n) is 0.999. The highest BCUT2D eigenvalue weighted by Gasteiger charge is 1.99. The van der Waals surface area contributed by atoms with E-state index in [1.807, 2.05) is 0 Å². The molecule has 0 heterocycles. The highest BCUT2D eigenvalue weighted by molar-refractivity contribution is 5.37. The van der Waals surface area contributed by atoms with Crippen molar-refractivity contribution >= 4 is 0 Å². The number of benzene rings is 1. The van der Waals surface area contributed by atoms with Crippen LogP contribution in [0.4, 0.5) is 4.39 Å². The molecule has 1 aromatic rings. The van der Waals surface area contributed by atoms with Gasteiger partial charge in [0.15, 0.2) is 0 Å². The Morgan fingerprint density at radius 2 is 2.33 bits per heavy atom. The summed E-state index contributed by atoms with van der Waals surface area (Å²) < 4.78 is 13.2. The molecule has 0 bridgehead atoms. The number of halogens is 1. The van der Waals surface area contributed by atoms with Crippen LogP contribution in [0.2, 0.25) is 0 Å². The fourth-order valence-corrected chi connectivity index (χ4v) is 0.999. The summed E-state index contributed by atoms with van der Waals surface area (Å²) in [6, 6.07) is 4.58. The van der Waals surface area contributed by atoms with Gasteiger partial charge in [0.1, 0.15) is 5.82 Å². The summed E-state index contributed by atoms with van der Waals surface area (Å²) in [6.07, 6.45) is 0. The Hall–Kier alpha value is -2.02. The van der Waals surface area contributed by atoms with E-state index < -0.39 is 0 Å². The van der Waals surface area contributed by atoms with Crippen molar-refractivity contribution in [2.75, 3.05) is 6.54 Å². The third-order valence-electron chi connectivity index (χ3n) is 1.72. The topological polar surface area (TPSA) is 74.8 Å². The number of nitrogens with zero attached hydrogens (tertiary/aromatic N) is 3.